The first-order valence-corrected chi connectivity index (χ1v) is 9.98. The van der Waals surface area contributed by atoms with E-state index in [0.29, 0.717) is 30.3 Å². The molecule has 4 aromatic heterocycles. The summed E-state index contributed by atoms with van der Waals surface area (Å²) in [4.78, 5) is 22.3. The van der Waals surface area contributed by atoms with Gasteiger partial charge in [0.05, 0.1) is 37.2 Å². The largest absolute Gasteiger partial charge is 0.377 e. The number of rotatable bonds is 3. The van der Waals surface area contributed by atoms with Crippen LogP contribution in [0.25, 0.3) is 16.8 Å². The van der Waals surface area contributed by atoms with Gasteiger partial charge in [0.2, 0.25) is 5.95 Å². The van der Waals surface area contributed by atoms with Gasteiger partial charge in [0.1, 0.15) is 11.8 Å². The van der Waals surface area contributed by atoms with Crippen LogP contribution in [0, 0.1) is 6.92 Å². The zero-order chi connectivity index (χ0) is 20.4. The zero-order valence-corrected chi connectivity index (χ0v) is 16.7. The summed E-state index contributed by atoms with van der Waals surface area (Å²) in [6, 6.07) is 2.33. The number of hydrogen-bond acceptors (Lipinski definition) is 8. The van der Waals surface area contributed by atoms with Gasteiger partial charge in [0.25, 0.3) is 0 Å². The van der Waals surface area contributed by atoms with Crippen LogP contribution in [-0.4, -0.2) is 59.1 Å². The van der Waals surface area contributed by atoms with E-state index in [1.807, 2.05) is 23.6 Å². The molecule has 2 aliphatic rings. The predicted octanol–water partition coefficient (Wildman–Crippen LogP) is 0.724. The van der Waals surface area contributed by atoms with Crippen LogP contribution in [0.5, 0.6) is 0 Å². The normalized spacial score (nSPS) is 21.1. The van der Waals surface area contributed by atoms with E-state index >= 15 is 0 Å². The molecule has 1 N–H and O–H groups in total. The lowest BCUT2D eigenvalue weighted by molar-refractivity contribution is 0.0761. The molecule has 11 heteroatoms. The summed E-state index contributed by atoms with van der Waals surface area (Å²) in [5, 5.41) is 13.4. The molecule has 0 spiro atoms. The summed E-state index contributed by atoms with van der Waals surface area (Å²) in [5.74, 6) is 0.429. The summed E-state index contributed by atoms with van der Waals surface area (Å²) >= 11 is 0. The maximum Gasteiger partial charge on any atom is 0.349 e. The smallest absolute Gasteiger partial charge is 0.349 e. The third-order valence-corrected chi connectivity index (χ3v) is 6.10. The first-order chi connectivity index (χ1) is 14.6. The topological polar surface area (TPSA) is 107 Å². The second kappa shape index (κ2) is 6.26. The lowest BCUT2D eigenvalue weighted by Crippen LogP contribution is -2.55. The summed E-state index contributed by atoms with van der Waals surface area (Å²) < 4.78 is 10.8. The average Bonchev–Trinajstić information content (AvgIpc) is 3.35. The molecule has 2 bridgehead atoms. The zero-order valence-electron chi connectivity index (χ0n) is 16.7. The van der Waals surface area contributed by atoms with Crippen LogP contribution in [0.1, 0.15) is 18.4 Å². The maximum atomic E-state index is 13.1. The van der Waals surface area contributed by atoms with Crippen molar-refractivity contribution in [2.75, 3.05) is 23.5 Å². The summed E-state index contributed by atoms with van der Waals surface area (Å²) in [7, 11) is 1.75. The Morgan fingerprint density at radius 2 is 2.03 bits per heavy atom. The first-order valence-electron chi connectivity index (χ1n) is 9.98. The highest BCUT2D eigenvalue weighted by Gasteiger charge is 2.40. The average molecular weight is 407 g/mol. The molecule has 2 atom stereocenters. The molecular weight excluding hydrogens is 386 g/mol. The number of fused-ring (bicyclic) bond motifs is 4. The van der Waals surface area contributed by atoms with Gasteiger partial charge < -0.3 is 10.1 Å². The molecule has 2 unspecified atom stereocenters. The van der Waals surface area contributed by atoms with E-state index in [1.165, 1.54) is 0 Å². The van der Waals surface area contributed by atoms with E-state index in [0.717, 1.165) is 29.7 Å². The van der Waals surface area contributed by atoms with Crippen LogP contribution >= 0.6 is 0 Å². The number of ether oxygens (including phenoxy) is 1. The Kier molecular flexibility index (Phi) is 3.63. The minimum absolute atomic E-state index is 0.114. The van der Waals surface area contributed by atoms with E-state index < -0.39 is 0 Å². The molecule has 0 amide bonds. The van der Waals surface area contributed by atoms with Crippen LogP contribution in [-0.2, 0) is 11.8 Å². The molecule has 0 radical (unpaired) electrons. The van der Waals surface area contributed by atoms with Crippen LogP contribution in [0.15, 0.2) is 29.6 Å². The first kappa shape index (κ1) is 17.4. The maximum absolute atomic E-state index is 13.1. The van der Waals surface area contributed by atoms with E-state index in [1.54, 1.807) is 28.8 Å². The van der Waals surface area contributed by atoms with E-state index in [-0.39, 0.29) is 17.8 Å². The summed E-state index contributed by atoms with van der Waals surface area (Å²) in [6.07, 6.45) is 7.27. The lowest BCUT2D eigenvalue weighted by Gasteiger charge is -2.36. The Morgan fingerprint density at radius 1 is 1.23 bits per heavy atom. The predicted molar refractivity (Wildman–Crippen MR) is 110 cm³/mol. The van der Waals surface area contributed by atoms with Crippen molar-refractivity contribution < 1.29 is 4.74 Å². The van der Waals surface area contributed by atoms with Gasteiger partial charge in [-0.2, -0.15) is 9.66 Å². The highest BCUT2D eigenvalue weighted by atomic mass is 16.5. The van der Waals surface area contributed by atoms with Gasteiger partial charge in [0, 0.05) is 13.2 Å². The standard InChI is InChI=1S/C19H21N9O2/c1-11-5-16-24-21-10-26(16)7-14(11)22-18-20-6-15-17(23-18)28(19(29)25(15)2)27-12-3-4-13(27)9-30-8-12/h5-7,10,12-13H,3-4,8-9H2,1-2H3,(H,20,22,23). The molecule has 0 aliphatic carbocycles. The molecule has 154 valence electrons. The number of hydrogen-bond donors (Lipinski definition) is 1. The van der Waals surface area contributed by atoms with Crippen LogP contribution < -0.4 is 16.0 Å². The Balaban J connectivity index is 1.45. The van der Waals surface area contributed by atoms with E-state index in [2.05, 4.69) is 25.5 Å². The highest BCUT2D eigenvalue weighted by molar-refractivity contribution is 5.73. The Morgan fingerprint density at radius 3 is 2.83 bits per heavy atom. The molecule has 11 nitrogen and oxygen atoms in total. The molecule has 4 aromatic rings. The Bertz CT molecular complexity index is 1320. The van der Waals surface area contributed by atoms with Crippen molar-refractivity contribution in [2.45, 2.75) is 31.8 Å². The monoisotopic (exact) mass is 407 g/mol. The van der Waals surface area contributed by atoms with E-state index in [9.17, 15) is 4.79 Å². The molecule has 2 aliphatic heterocycles. The number of nitrogens with zero attached hydrogens (tertiary/aromatic N) is 8. The van der Waals surface area contributed by atoms with Crippen LogP contribution in [0.4, 0.5) is 11.6 Å². The summed E-state index contributed by atoms with van der Waals surface area (Å²) in [5.41, 5.74) is 3.80. The van der Waals surface area contributed by atoms with Gasteiger partial charge >= 0.3 is 5.69 Å². The molecule has 0 saturated carbocycles. The second-order valence-corrected chi connectivity index (χ2v) is 7.95. The highest BCUT2D eigenvalue weighted by Crippen LogP contribution is 2.28. The Labute approximate surface area is 170 Å². The minimum Gasteiger partial charge on any atom is -0.377 e. The molecule has 6 rings (SSSR count). The van der Waals surface area contributed by atoms with Gasteiger partial charge in [0.15, 0.2) is 11.3 Å². The number of morpholine rings is 1. The molecule has 2 saturated heterocycles. The molecule has 30 heavy (non-hydrogen) atoms. The van der Waals surface area contributed by atoms with Crippen molar-refractivity contribution in [2.24, 2.45) is 7.05 Å². The second-order valence-electron chi connectivity index (χ2n) is 7.95. The third-order valence-electron chi connectivity index (χ3n) is 6.10. The quantitative estimate of drug-likeness (QED) is 0.530. The van der Waals surface area contributed by atoms with Crippen molar-refractivity contribution in [1.29, 1.82) is 0 Å². The fourth-order valence-corrected chi connectivity index (χ4v) is 4.51. The number of pyridine rings is 1. The fourth-order valence-electron chi connectivity index (χ4n) is 4.51. The van der Waals surface area contributed by atoms with Crippen molar-refractivity contribution in [3.63, 3.8) is 0 Å². The molecule has 6 heterocycles. The third kappa shape index (κ3) is 2.45. The molecule has 0 aromatic carbocycles. The lowest BCUT2D eigenvalue weighted by atomic mass is 10.2. The van der Waals surface area contributed by atoms with Crippen molar-refractivity contribution in [3.8, 4) is 0 Å². The Hall–Kier alpha value is -3.47. The van der Waals surface area contributed by atoms with Gasteiger partial charge in [-0.1, -0.05) is 0 Å². The van der Waals surface area contributed by atoms with E-state index in [4.69, 9.17) is 9.72 Å². The van der Waals surface area contributed by atoms with Crippen molar-refractivity contribution in [3.05, 3.63) is 40.8 Å². The SMILES string of the molecule is Cc1cc2nncn2cc1Nc1ncc2c(n1)n(N1C3CCC1COC3)c(=O)n2C. The van der Waals surface area contributed by atoms with Gasteiger partial charge in [-0.05, 0) is 31.4 Å². The van der Waals surface area contributed by atoms with Gasteiger partial charge in [-0.3, -0.25) is 14.0 Å². The number of nitrogens with one attached hydrogen (secondary N) is 1. The van der Waals surface area contributed by atoms with Crippen LogP contribution in [0.2, 0.25) is 0 Å². The number of aromatic nitrogens is 7. The van der Waals surface area contributed by atoms with Crippen molar-refractivity contribution >= 4 is 28.4 Å². The van der Waals surface area contributed by atoms with Crippen molar-refractivity contribution in [1.82, 2.24) is 33.8 Å². The minimum atomic E-state index is -0.114. The number of imidazole rings is 1. The van der Waals surface area contributed by atoms with Gasteiger partial charge in [-0.25, -0.2) is 9.78 Å². The van der Waals surface area contributed by atoms with Crippen LogP contribution in [0.3, 0.4) is 0 Å². The van der Waals surface area contributed by atoms with Gasteiger partial charge in [-0.15, -0.1) is 10.2 Å². The molecular formula is C19H21N9O2. The number of aryl methyl sites for hydroxylation is 2. The number of anilines is 2. The summed E-state index contributed by atoms with van der Waals surface area (Å²) in [6.45, 7) is 3.25. The fraction of sp³-hybridized carbons (Fsp3) is 0.421. The molecule has 2 fully saturated rings.